The monoisotopic (exact) mass is 494 g/mol. The highest BCUT2D eigenvalue weighted by Crippen LogP contribution is 2.30. The molecule has 0 aliphatic rings. The van der Waals surface area contributed by atoms with Gasteiger partial charge in [0.05, 0.1) is 20.3 Å². The van der Waals surface area contributed by atoms with Gasteiger partial charge >= 0.3 is 0 Å². The minimum Gasteiger partial charge on any atom is -0.493 e. The Morgan fingerprint density at radius 1 is 1.07 bits per heavy atom. The van der Waals surface area contributed by atoms with E-state index in [2.05, 4.69) is 38.8 Å². The Bertz CT molecular complexity index is 891. The molecule has 0 amide bonds. The average molecular weight is 494 g/mol. The molecular weight excluding hydrogens is 467 g/mol. The minimum atomic E-state index is 0. The van der Waals surface area contributed by atoms with Crippen LogP contribution in [-0.4, -0.2) is 31.2 Å². The highest BCUT2D eigenvalue weighted by Gasteiger charge is 2.07. The summed E-state index contributed by atoms with van der Waals surface area (Å²) >= 11 is 0. The number of hydrogen-bond acceptors (Lipinski definition) is 3. The van der Waals surface area contributed by atoms with Crippen LogP contribution in [0.3, 0.4) is 0 Å². The van der Waals surface area contributed by atoms with Crippen LogP contribution in [0, 0.1) is 0 Å². The number of rotatable bonds is 7. The van der Waals surface area contributed by atoms with Crippen molar-refractivity contribution in [2.75, 3.05) is 25.6 Å². The molecule has 0 radical (unpaired) electrons. The molecule has 0 aliphatic carbocycles. The molecule has 2 aromatic carbocycles. The summed E-state index contributed by atoms with van der Waals surface area (Å²) < 4.78 is 11.0. The van der Waals surface area contributed by atoms with E-state index in [9.17, 15) is 0 Å². The number of nitrogens with one attached hydrogen (secondary N) is 3. The summed E-state index contributed by atoms with van der Waals surface area (Å²) in [5.41, 5.74) is 3.07. The zero-order valence-corrected chi connectivity index (χ0v) is 18.7. The molecule has 1 heterocycles. The van der Waals surface area contributed by atoms with Gasteiger partial charge in [0.2, 0.25) is 0 Å². The lowest BCUT2D eigenvalue weighted by molar-refractivity contribution is 0.311. The van der Waals surface area contributed by atoms with Crippen molar-refractivity contribution in [3.8, 4) is 11.5 Å². The van der Waals surface area contributed by atoms with Crippen LogP contribution in [0.4, 0.5) is 5.69 Å². The Morgan fingerprint density at radius 2 is 1.89 bits per heavy atom. The lowest BCUT2D eigenvalue weighted by Crippen LogP contribution is -2.30. The number of hydrogen-bond donors (Lipinski definition) is 3. The van der Waals surface area contributed by atoms with Gasteiger partial charge in [-0.1, -0.05) is 18.2 Å². The van der Waals surface area contributed by atoms with Crippen LogP contribution >= 0.6 is 24.0 Å². The molecule has 0 aliphatic heterocycles. The van der Waals surface area contributed by atoms with Crippen LogP contribution in [-0.2, 0) is 6.54 Å². The van der Waals surface area contributed by atoms with Gasteiger partial charge in [0, 0.05) is 29.5 Å². The van der Waals surface area contributed by atoms with Crippen LogP contribution in [0.1, 0.15) is 19.5 Å². The molecule has 1 aromatic heterocycles. The Morgan fingerprint density at radius 3 is 2.61 bits per heavy atom. The molecule has 0 fully saturated rings. The fourth-order valence-corrected chi connectivity index (χ4v) is 2.85. The second-order valence-corrected chi connectivity index (χ2v) is 6.00. The molecule has 28 heavy (non-hydrogen) atoms. The van der Waals surface area contributed by atoms with E-state index in [0.29, 0.717) is 30.6 Å². The highest BCUT2D eigenvalue weighted by atomic mass is 127. The highest BCUT2D eigenvalue weighted by molar-refractivity contribution is 14.0. The molecule has 3 rings (SSSR count). The number of guanidine groups is 1. The van der Waals surface area contributed by atoms with Crippen molar-refractivity contribution in [3.05, 3.63) is 54.2 Å². The molecule has 0 saturated carbocycles. The van der Waals surface area contributed by atoms with Gasteiger partial charge in [-0.3, -0.25) is 0 Å². The average Bonchev–Trinajstić information content (AvgIpc) is 3.10. The van der Waals surface area contributed by atoms with Gasteiger partial charge in [-0.25, -0.2) is 4.99 Å². The maximum atomic E-state index is 5.64. The van der Waals surface area contributed by atoms with Crippen molar-refractivity contribution in [1.29, 1.82) is 0 Å². The van der Waals surface area contributed by atoms with Gasteiger partial charge in [0.25, 0.3) is 0 Å². The number of aliphatic imine (C=N–C) groups is 1. The predicted molar refractivity (Wildman–Crippen MR) is 126 cm³/mol. The summed E-state index contributed by atoms with van der Waals surface area (Å²) in [6.45, 7) is 5.89. The summed E-state index contributed by atoms with van der Waals surface area (Å²) in [5.74, 6) is 2.13. The molecule has 0 unspecified atom stereocenters. The van der Waals surface area contributed by atoms with E-state index in [1.807, 2.05) is 44.2 Å². The number of nitrogens with zero attached hydrogens (tertiary/aromatic N) is 1. The van der Waals surface area contributed by atoms with Gasteiger partial charge in [0.1, 0.15) is 0 Å². The molecule has 0 bridgehead atoms. The van der Waals surface area contributed by atoms with Crippen molar-refractivity contribution in [3.63, 3.8) is 0 Å². The molecule has 0 spiro atoms. The first kappa shape index (κ1) is 21.9. The zero-order chi connectivity index (χ0) is 19.1. The molecular formula is C21H27IN4O2. The largest absolute Gasteiger partial charge is 0.493 e. The lowest BCUT2D eigenvalue weighted by Gasteiger charge is -2.14. The number of aromatic amines is 1. The van der Waals surface area contributed by atoms with E-state index in [1.165, 1.54) is 5.39 Å². The van der Waals surface area contributed by atoms with Crippen molar-refractivity contribution in [2.24, 2.45) is 4.99 Å². The van der Waals surface area contributed by atoms with E-state index >= 15 is 0 Å². The van der Waals surface area contributed by atoms with E-state index in [0.717, 1.165) is 23.4 Å². The van der Waals surface area contributed by atoms with Gasteiger partial charge in [-0.2, -0.15) is 0 Å². The number of aromatic nitrogens is 1. The summed E-state index contributed by atoms with van der Waals surface area (Å²) in [5, 5.41) is 7.78. The smallest absolute Gasteiger partial charge is 0.196 e. The third kappa shape index (κ3) is 5.54. The van der Waals surface area contributed by atoms with Crippen LogP contribution in [0.5, 0.6) is 11.5 Å². The van der Waals surface area contributed by atoms with Crippen LogP contribution in [0.2, 0.25) is 0 Å². The first-order valence-corrected chi connectivity index (χ1v) is 9.16. The summed E-state index contributed by atoms with van der Waals surface area (Å²) in [4.78, 5) is 8.08. The van der Waals surface area contributed by atoms with E-state index in [4.69, 9.17) is 9.47 Å². The normalized spacial score (nSPS) is 11.0. The quantitative estimate of drug-likeness (QED) is 0.252. The third-order valence-electron chi connectivity index (χ3n) is 4.06. The summed E-state index contributed by atoms with van der Waals surface area (Å²) in [6, 6.07) is 16.1. The molecule has 0 saturated heterocycles. The first-order chi connectivity index (χ1) is 13.2. The van der Waals surface area contributed by atoms with Crippen LogP contribution < -0.4 is 20.1 Å². The number of benzene rings is 2. The number of fused-ring (bicyclic) bond motifs is 1. The molecule has 7 heteroatoms. The van der Waals surface area contributed by atoms with Crippen molar-refractivity contribution >= 4 is 46.5 Å². The molecule has 0 atom stereocenters. The number of anilines is 1. The Labute approximate surface area is 182 Å². The Balaban J connectivity index is 0.00000280. The minimum absolute atomic E-state index is 0. The van der Waals surface area contributed by atoms with Gasteiger partial charge in [-0.15, -0.1) is 24.0 Å². The van der Waals surface area contributed by atoms with Crippen LogP contribution in [0.25, 0.3) is 10.9 Å². The molecule has 150 valence electrons. The number of ether oxygens (including phenoxy) is 2. The first-order valence-electron chi connectivity index (χ1n) is 9.16. The van der Waals surface area contributed by atoms with Gasteiger partial charge < -0.3 is 25.1 Å². The van der Waals surface area contributed by atoms with Crippen molar-refractivity contribution < 1.29 is 9.47 Å². The second kappa shape index (κ2) is 10.8. The van der Waals surface area contributed by atoms with E-state index in [-0.39, 0.29) is 24.0 Å². The Hall–Kier alpha value is -2.42. The summed E-state index contributed by atoms with van der Waals surface area (Å²) in [7, 11) is 1.64. The fraction of sp³-hybridized carbons (Fsp3) is 0.286. The SMILES string of the molecule is CCNC(=NCc1cc2ccccc2[nH]1)Nc1ccc(OC)c(OCC)c1.I. The second-order valence-electron chi connectivity index (χ2n) is 6.00. The third-order valence-corrected chi connectivity index (χ3v) is 4.06. The number of para-hydroxylation sites is 1. The number of halogens is 1. The predicted octanol–water partition coefficient (Wildman–Crippen LogP) is 4.77. The Kier molecular flexibility index (Phi) is 8.43. The van der Waals surface area contributed by atoms with Crippen LogP contribution in [0.15, 0.2) is 53.5 Å². The topological polar surface area (TPSA) is 70.7 Å². The lowest BCUT2D eigenvalue weighted by atomic mass is 10.2. The van der Waals surface area contributed by atoms with E-state index in [1.54, 1.807) is 7.11 Å². The summed E-state index contributed by atoms with van der Waals surface area (Å²) in [6.07, 6.45) is 0. The number of H-pyrrole nitrogens is 1. The molecule has 3 aromatic rings. The maximum absolute atomic E-state index is 5.64. The van der Waals surface area contributed by atoms with Gasteiger partial charge in [0.15, 0.2) is 17.5 Å². The van der Waals surface area contributed by atoms with Crippen molar-refractivity contribution in [1.82, 2.24) is 10.3 Å². The van der Waals surface area contributed by atoms with Gasteiger partial charge in [-0.05, 0) is 43.5 Å². The van der Waals surface area contributed by atoms with E-state index < -0.39 is 0 Å². The number of methoxy groups -OCH3 is 1. The van der Waals surface area contributed by atoms with Crippen molar-refractivity contribution in [2.45, 2.75) is 20.4 Å². The zero-order valence-electron chi connectivity index (χ0n) is 16.4. The maximum Gasteiger partial charge on any atom is 0.196 e. The standard InChI is InChI=1S/C21H26N4O2.HI/c1-4-22-21(23-14-17-12-15-8-6-7-9-18(15)24-17)25-16-10-11-19(26-3)20(13-16)27-5-2;/h6-13,24H,4-5,14H2,1-3H3,(H2,22,23,25);1H. The fourth-order valence-electron chi connectivity index (χ4n) is 2.85. The molecule has 6 nitrogen and oxygen atoms in total. The molecule has 3 N–H and O–H groups in total.